The van der Waals surface area contributed by atoms with Crippen molar-refractivity contribution in [1.82, 2.24) is 40.2 Å². The number of fused-ring (bicyclic) bond motifs is 1. The summed E-state index contributed by atoms with van der Waals surface area (Å²) in [6.07, 6.45) is 15.0. The van der Waals surface area contributed by atoms with Gasteiger partial charge in [-0.05, 0) is 107 Å². The van der Waals surface area contributed by atoms with Crippen molar-refractivity contribution in [1.29, 1.82) is 0 Å². The maximum absolute atomic E-state index is 13.3. The van der Waals surface area contributed by atoms with Crippen LogP contribution < -0.4 is 20.7 Å². The predicted octanol–water partition coefficient (Wildman–Crippen LogP) is 5.86. The van der Waals surface area contributed by atoms with Gasteiger partial charge >= 0.3 is 0 Å². The first-order valence-electron chi connectivity index (χ1n) is 21.9. The predicted molar refractivity (Wildman–Crippen MR) is 229 cm³/mol. The molecule has 3 aliphatic heterocycles. The number of hydrogen-bond donors (Lipinski definition) is 3. The van der Waals surface area contributed by atoms with Crippen LogP contribution in [0.2, 0.25) is 5.02 Å². The molecular formula is C46H55ClHfN9O4-. The minimum absolute atomic E-state index is 0. The quantitative estimate of drug-likeness (QED) is 0.0574. The van der Waals surface area contributed by atoms with Gasteiger partial charge in [0.2, 0.25) is 17.8 Å². The third-order valence-electron chi connectivity index (χ3n) is 13.3. The molecule has 3 N–H and O–H groups in total. The maximum atomic E-state index is 13.3. The summed E-state index contributed by atoms with van der Waals surface area (Å²) in [6.45, 7) is 4.83. The van der Waals surface area contributed by atoms with Crippen LogP contribution in [0.25, 0.3) is 11.3 Å². The summed E-state index contributed by atoms with van der Waals surface area (Å²) in [5.74, 6) is 1.83. The number of aromatic nitrogens is 4. The number of anilines is 1. The first kappa shape index (κ1) is 43.7. The van der Waals surface area contributed by atoms with Crippen molar-refractivity contribution in [3.63, 3.8) is 0 Å². The van der Waals surface area contributed by atoms with E-state index in [1.54, 1.807) is 17.2 Å². The van der Waals surface area contributed by atoms with Crippen LogP contribution in [0.3, 0.4) is 0 Å². The van der Waals surface area contributed by atoms with Gasteiger partial charge in [0.1, 0.15) is 18.4 Å². The molecule has 2 aromatic heterocycles. The number of imide groups is 1. The number of carbonyl (C=O) groups excluding carboxylic acids is 3. The Morgan fingerprint density at radius 2 is 1.70 bits per heavy atom. The van der Waals surface area contributed by atoms with E-state index in [9.17, 15) is 14.4 Å². The van der Waals surface area contributed by atoms with Gasteiger partial charge in [-0.1, -0.05) is 35.2 Å². The van der Waals surface area contributed by atoms with Crippen LogP contribution in [-0.4, -0.2) is 98.2 Å². The molecule has 2 saturated heterocycles. The Labute approximate surface area is 381 Å². The standard InChI is InChI=1S/C46H55ClN9O4.Hf/c1-54-41(25-30-5-6-30)37(26-50-54)43-39(47)27-49-46(53-43)51-33-11-9-32(10-12-33)48-20-24-60-34-13-7-29(8-14-34)17-21-55-22-18-31(19-23-55)35-3-2-4-36-38(35)28-56(45(36)59)40-15-16-42(57)52-44(40)58;/h3-4,7-8,13-14,26-27,30-33,40,48H,5-6,9-12,15-25,28H2,1H3,(H,49,51,53)(H,52,57,58);/q-1;. The second-order valence-electron chi connectivity index (χ2n) is 17.4. The number of nitrogens with one attached hydrogen (secondary N) is 3. The van der Waals surface area contributed by atoms with Crippen molar-refractivity contribution in [3.05, 3.63) is 87.8 Å². The summed E-state index contributed by atoms with van der Waals surface area (Å²) in [5, 5.41) is 14.7. The number of rotatable bonds is 15. The summed E-state index contributed by atoms with van der Waals surface area (Å²) < 4.78 is 8.06. The number of nitrogens with zero attached hydrogens (tertiary/aromatic N) is 6. The molecule has 3 amide bonds. The van der Waals surface area contributed by atoms with Crippen LogP contribution >= 0.6 is 11.6 Å². The Hall–Kier alpha value is -3.98. The summed E-state index contributed by atoms with van der Waals surface area (Å²) in [6, 6.07) is 15.7. The molecule has 61 heavy (non-hydrogen) atoms. The largest absolute Gasteiger partial charge is 0.492 e. The van der Waals surface area contributed by atoms with Gasteiger partial charge in [0, 0.05) is 82.3 Å². The summed E-state index contributed by atoms with van der Waals surface area (Å²) in [4.78, 5) is 51.1. The smallest absolute Gasteiger partial charge is 0.249 e. The van der Waals surface area contributed by atoms with Crippen molar-refractivity contribution in [2.45, 2.75) is 108 Å². The van der Waals surface area contributed by atoms with Crippen LogP contribution in [-0.2, 0) is 61.9 Å². The molecule has 9 rings (SSSR count). The molecule has 2 aliphatic carbocycles. The number of amides is 3. The van der Waals surface area contributed by atoms with Crippen molar-refractivity contribution in [3.8, 4) is 17.0 Å². The van der Waals surface area contributed by atoms with Crippen molar-refractivity contribution >= 4 is 35.3 Å². The molecule has 0 radical (unpaired) electrons. The molecule has 2 aromatic carbocycles. The van der Waals surface area contributed by atoms with Gasteiger partial charge < -0.3 is 25.2 Å². The van der Waals surface area contributed by atoms with Gasteiger partial charge in [-0.3, -0.25) is 24.4 Å². The van der Waals surface area contributed by atoms with Gasteiger partial charge in [-0.2, -0.15) is 23.3 Å². The number of halogens is 1. The van der Waals surface area contributed by atoms with E-state index in [0.29, 0.717) is 54.1 Å². The summed E-state index contributed by atoms with van der Waals surface area (Å²) in [5.41, 5.74) is 7.10. The summed E-state index contributed by atoms with van der Waals surface area (Å²) in [7, 11) is 1.99. The molecule has 0 bridgehead atoms. The Morgan fingerprint density at radius 1 is 0.934 bits per heavy atom. The molecule has 320 valence electrons. The van der Waals surface area contributed by atoms with Gasteiger partial charge in [0.15, 0.2) is 5.91 Å². The van der Waals surface area contributed by atoms with E-state index in [0.717, 1.165) is 106 Å². The molecule has 15 heteroatoms. The topological polar surface area (TPSA) is 147 Å². The Bertz CT molecular complexity index is 2200. The zero-order valence-electron chi connectivity index (χ0n) is 34.9. The molecule has 1 unspecified atom stereocenters. The molecule has 2 saturated carbocycles. The zero-order chi connectivity index (χ0) is 41.2. The van der Waals surface area contributed by atoms with E-state index in [1.165, 1.54) is 29.7 Å². The Balaban J connectivity index is 0.00000514. The first-order chi connectivity index (χ1) is 29.3. The van der Waals surface area contributed by atoms with Gasteiger partial charge in [0.25, 0.3) is 0 Å². The molecular weight excluding hydrogens is 957 g/mol. The van der Waals surface area contributed by atoms with E-state index in [-0.39, 0.29) is 50.0 Å². The maximum Gasteiger partial charge on any atom is 0.249 e. The van der Waals surface area contributed by atoms with Crippen molar-refractivity contribution < 1.29 is 45.0 Å². The average molecular weight is 1010 g/mol. The van der Waals surface area contributed by atoms with Crippen LogP contribution in [0.15, 0.2) is 48.8 Å². The zero-order valence-corrected chi connectivity index (χ0v) is 39.3. The van der Waals surface area contributed by atoms with E-state index in [4.69, 9.17) is 21.3 Å². The van der Waals surface area contributed by atoms with E-state index < -0.39 is 6.04 Å². The van der Waals surface area contributed by atoms with E-state index >= 15 is 0 Å². The van der Waals surface area contributed by atoms with Crippen molar-refractivity contribution in [2.24, 2.45) is 13.0 Å². The SMILES string of the molecule is Cn1ncc(-c2nc(NC3CCC(NCCOc4ccc(CCN5CCC(c6c[c-]cc7c6CN(C6CCC(=O)NC6=O)C7=O)CC5)cc4)CC3)ncc2Cl)c1CC1CC1.[Hf]. The molecule has 4 fully saturated rings. The fourth-order valence-electron chi connectivity index (χ4n) is 9.59. The van der Waals surface area contributed by atoms with Crippen LogP contribution in [0.4, 0.5) is 5.95 Å². The average Bonchev–Trinajstić information content (AvgIpc) is 3.93. The number of piperidine rings is 2. The van der Waals surface area contributed by atoms with Gasteiger partial charge in [-0.25, -0.2) is 9.97 Å². The third-order valence-corrected chi connectivity index (χ3v) is 13.6. The Morgan fingerprint density at radius 3 is 2.46 bits per heavy atom. The van der Waals surface area contributed by atoms with Crippen LogP contribution in [0.5, 0.6) is 5.75 Å². The number of hydrogen-bond acceptors (Lipinski definition) is 10. The number of aryl methyl sites for hydroxylation is 1. The van der Waals surface area contributed by atoms with Gasteiger partial charge in [0.05, 0.1) is 23.1 Å². The number of benzene rings is 2. The number of carbonyl (C=O) groups is 3. The van der Waals surface area contributed by atoms with Gasteiger partial charge in [-0.15, -0.1) is 11.1 Å². The molecule has 5 heterocycles. The van der Waals surface area contributed by atoms with E-state index in [1.807, 2.05) is 24.0 Å². The molecule has 5 aliphatic rings. The second kappa shape index (κ2) is 19.6. The summed E-state index contributed by atoms with van der Waals surface area (Å²) >= 11 is 6.60. The van der Waals surface area contributed by atoms with Crippen molar-refractivity contribution in [2.75, 3.05) is 38.1 Å². The molecule has 13 nitrogen and oxygen atoms in total. The number of ether oxygens (including phenoxy) is 1. The molecule has 4 aromatic rings. The van der Waals surface area contributed by atoms with Crippen LogP contribution in [0.1, 0.15) is 103 Å². The minimum Gasteiger partial charge on any atom is -0.492 e. The van der Waals surface area contributed by atoms with E-state index in [2.05, 4.69) is 61.3 Å². The second-order valence-corrected chi connectivity index (χ2v) is 17.8. The Kier molecular flexibility index (Phi) is 14.0. The van der Waals surface area contributed by atoms with Crippen LogP contribution in [0, 0.1) is 12.0 Å². The monoisotopic (exact) mass is 1010 g/mol. The third kappa shape index (κ3) is 10.3. The number of likely N-dealkylation sites (tertiary alicyclic amines) is 1. The minimum atomic E-state index is -0.600. The molecule has 0 spiro atoms. The normalized spacial score (nSPS) is 22.2. The molecule has 1 atom stereocenters. The fraction of sp³-hybridized carbons (Fsp3) is 0.522. The fourth-order valence-corrected chi connectivity index (χ4v) is 9.78. The first-order valence-corrected chi connectivity index (χ1v) is 22.3.